The molecule has 2 nitrogen and oxygen atoms in total. The number of likely N-dealkylation sites (tertiary alicyclic amines) is 1. The van der Waals surface area contributed by atoms with Crippen LogP contribution in [-0.4, -0.2) is 29.6 Å². The predicted molar refractivity (Wildman–Crippen MR) is 108 cm³/mol. The third-order valence-electron chi connectivity index (χ3n) is 6.45. The second kappa shape index (κ2) is 5.78. The summed E-state index contributed by atoms with van der Waals surface area (Å²) in [6.07, 6.45) is 1.23. The second-order valence-electron chi connectivity index (χ2n) is 8.57. The van der Waals surface area contributed by atoms with Crippen LogP contribution in [0.1, 0.15) is 34.1 Å². The van der Waals surface area contributed by atoms with E-state index in [4.69, 9.17) is 0 Å². The Morgan fingerprint density at radius 2 is 1.44 bits per heavy atom. The summed E-state index contributed by atoms with van der Waals surface area (Å²) in [6.45, 7) is 10.6. The van der Waals surface area contributed by atoms with Crippen molar-refractivity contribution in [3.63, 3.8) is 0 Å². The van der Waals surface area contributed by atoms with Crippen molar-refractivity contribution in [3.05, 3.63) is 48.5 Å². The largest absolute Gasteiger partial charge is 0.339 e. The number of anilines is 2. The van der Waals surface area contributed by atoms with Gasteiger partial charge in [0.1, 0.15) is 0 Å². The highest BCUT2D eigenvalue weighted by molar-refractivity contribution is 7.99. The maximum atomic E-state index is 2.57. The molecule has 0 aromatic heterocycles. The summed E-state index contributed by atoms with van der Waals surface area (Å²) in [4.78, 5) is 7.86. The summed E-state index contributed by atoms with van der Waals surface area (Å²) in [5.41, 5.74) is 3.15. The molecule has 1 fully saturated rings. The zero-order valence-corrected chi connectivity index (χ0v) is 16.7. The van der Waals surface area contributed by atoms with Gasteiger partial charge in [-0.2, -0.15) is 0 Å². The van der Waals surface area contributed by atoms with Crippen molar-refractivity contribution in [2.24, 2.45) is 5.92 Å². The number of rotatable bonds is 2. The topological polar surface area (TPSA) is 6.48 Å². The van der Waals surface area contributed by atoms with Gasteiger partial charge in [-0.1, -0.05) is 36.0 Å². The molecule has 2 heterocycles. The molecule has 3 heteroatoms. The maximum absolute atomic E-state index is 2.57. The number of fused-ring (bicyclic) bond motifs is 2. The van der Waals surface area contributed by atoms with Crippen LogP contribution < -0.4 is 4.90 Å². The summed E-state index contributed by atoms with van der Waals surface area (Å²) < 4.78 is 0. The van der Waals surface area contributed by atoms with Crippen LogP contribution in [-0.2, 0) is 0 Å². The first-order valence-corrected chi connectivity index (χ1v) is 10.00. The predicted octanol–water partition coefficient (Wildman–Crippen LogP) is 5.80. The molecule has 0 N–H and O–H groups in total. The van der Waals surface area contributed by atoms with Gasteiger partial charge in [-0.25, -0.2) is 0 Å². The highest BCUT2D eigenvalue weighted by Crippen LogP contribution is 2.50. The molecule has 0 radical (unpaired) electrons. The molecule has 2 aromatic rings. The first kappa shape index (κ1) is 17.0. The van der Waals surface area contributed by atoms with Gasteiger partial charge in [0.05, 0.1) is 11.4 Å². The minimum Gasteiger partial charge on any atom is -0.339 e. The number of benzene rings is 2. The Hall–Kier alpha value is -1.45. The van der Waals surface area contributed by atoms with Gasteiger partial charge in [0.25, 0.3) is 0 Å². The van der Waals surface area contributed by atoms with Crippen molar-refractivity contribution in [3.8, 4) is 0 Å². The fraction of sp³-hybridized carbons (Fsp3) is 0.455. The Morgan fingerprint density at radius 3 is 1.92 bits per heavy atom. The van der Waals surface area contributed by atoms with Gasteiger partial charge in [-0.3, -0.25) is 4.90 Å². The quantitative estimate of drug-likeness (QED) is 0.674. The Bertz CT molecular complexity index is 751. The standard InChI is InChI=1S/C22H28N2S/c1-21(2)14-16(22(3,4)23(21)5)15-24-17-10-6-8-12-19(17)25-20-13-9-7-11-18(20)24/h6-13,16H,14-15H2,1-5H3. The minimum atomic E-state index is 0.192. The molecule has 2 aliphatic heterocycles. The Kier molecular flexibility index (Phi) is 3.93. The Balaban J connectivity index is 1.74. The van der Waals surface area contributed by atoms with E-state index in [0.717, 1.165) is 6.54 Å². The average Bonchev–Trinajstić information content (AvgIpc) is 2.74. The molecule has 0 bridgehead atoms. The third kappa shape index (κ3) is 2.69. The molecular formula is C22H28N2S. The number of hydrogen-bond donors (Lipinski definition) is 0. The van der Waals surface area contributed by atoms with E-state index in [-0.39, 0.29) is 11.1 Å². The first-order valence-electron chi connectivity index (χ1n) is 9.18. The van der Waals surface area contributed by atoms with Gasteiger partial charge in [-0.05, 0) is 71.3 Å². The van der Waals surface area contributed by atoms with Crippen molar-refractivity contribution in [2.75, 3.05) is 18.5 Å². The van der Waals surface area contributed by atoms with Crippen molar-refractivity contribution in [1.29, 1.82) is 0 Å². The van der Waals surface area contributed by atoms with E-state index < -0.39 is 0 Å². The van der Waals surface area contributed by atoms with E-state index >= 15 is 0 Å². The normalized spacial score (nSPS) is 24.0. The van der Waals surface area contributed by atoms with Crippen molar-refractivity contribution < 1.29 is 0 Å². The van der Waals surface area contributed by atoms with Gasteiger partial charge in [-0.15, -0.1) is 0 Å². The van der Waals surface area contributed by atoms with Crippen molar-refractivity contribution >= 4 is 23.1 Å². The van der Waals surface area contributed by atoms with Crippen LogP contribution in [0, 0.1) is 5.92 Å². The molecule has 0 saturated carbocycles. The van der Waals surface area contributed by atoms with E-state index in [9.17, 15) is 0 Å². The molecular weight excluding hydrogens is 324 g/mol. The van der Waals surface area contributed by atoms with Crippen LogP contribution >= 0.6 is 11.8 Å². The molecule has 25 heavy (non-hydrogen) atoms. The van der Waals surface area contributed by atoms with Crippen LogP contribution in [0.5, 0.6) is 0 Å². The number of nitrogens with zero attached hydrogens (tertiary/aromatic N) is 2. The first-order chi connectivity index (χ1) is 11.8. The molecule has 0 amide bonds. The molecule has 2 aliphatic rings. The smallest absolute Gasteiger partial charge is 0.0552 e. The van der Waals surface area contributed by atoms with Gasteiger partial charge >= 0.3 is 0 Å². The minimum absolute atomic E-state index is 0.192. The van der Waals surface area contributed by atoms with Crippen molar-refractivity contribution in [2.45, 2.75) is 55.0 Å². The molecule has 132 valence electrons. The van der Waals surface area contributed by atoms with E-state index in [2.05, 4.69) is 93.1 Å². The number of para-hydroxylation sites is 2. The lowest BCUT2D eigenvalue weighted by molar-refractivity contribution is 0.101. The highest BCUT2D eigenvalue weighted by atomic mass is 32.2. The SMILES string of the molecule is CN1C(C)(C)CC(CN2c3ccccc3Sc3ccccc32)C1(C)C. The summed E-state index contributed by atoms with van der Waals surface area (Å²) in [7, 11) is 2.29. The van der Waals surface area contributed by atoms with Gasteiger partial charge in [0, 0.05) is 27.4 Å². The van der Waals surface area contributed by atoms with Gasteiger partial charge in [0.15, 0.2) is 0 Å². The zero-order valence-electron chi connectivity index (χ0n) is 15.9. The monoisotopic (exact) mass is 352 g/mol. The lowest BCUT2D eigenvalue weighted by atomic mass is 9.86. The summed E-state index contributed by atoms with van der Waals surface area (Å²) in [5.74, 6) is 0.622. The summed E-state index contributed by atoms with van der Waals surface area (Å²) in [5, 5.41) is 0. The van der Waals surface area contributed by atoms with Crippen LogP contribution in [0.25, 0.3) is 0 Å². The summed E-state index contributed by atoms with van der Waals surface area (Å²) >= 11 is 1.89. The molecule has 1 unspecified atom stereocenters. The molecule has 1 atom stereocenters. The van der Waals surface area contributed by atoms with Gasteiger partial charge < -0.3 is 4.90 Å². The molecule has 0 spiro atoms. The van der Waals surface area contributed by atoms with E-state index in [1.54, 1.807) is 0 Å². The van der Waals surface area contributed by atoms with Crippen molar-refractivity contribution in [1.82, 2.24) is 4.90 Å². The summed E-state index contributed by atoms with van der Waals surface area (Å²) in [6, 6.07) is 17.7. The van der Waals surface area contributed by atoms with Crippen LogP contribution in [0.3, 0.4) is 0 Å². The average molecular weight is 353 g/mol. The van der Waals surface area contributed by atoms with Crippen LogP contribution in [0.2, 0.25) is 0 Å². The number of hydrogen-bond acceptors (Lipinski definition) is 3. The molecule has 2 aromatic carbocycles. The van der Waals surface area contributed by atoms with Gasteiger partial charge in [0.2, 0.25) is 0 Å². The molecule has 1 saturated heterocycles. The Labute approximate surface area is 156 Å². The molecule has 0 aliphatic carbocycles. The second-order valence-corrected chi connectivity index (χ2v) is 9.66. The molecule has 4 rings (SSSR count). The highest BCUT2D eigenvalue weighted by Gasteiger charge is 2.49. The lowest BCUT2D eigenvalue weighted by Crippen LogP contribution is -2.48. The zero-order chi connectivity index (χ0) is 17.8. The fourth-order valence-corrected chi connectivity index (χ4v) is 5.63. The maximum Gasteiger partial charge on any atom is 0.0552 e. The van der Waals surface area contributed by atoms with Crippen LogP contribution in [0.15, 0.2) is 58.3 Å². The lowest BCUT2D eigenvalue weighted by Gasteiger charge is -2.41. The Morgan fingerprint density at radius 1 is 0.920 bits per heavy atom. The third-order valence-corrected chi connectivity index (χ3v) is 7.58. The van der Waals surface area contributed by atoms with E-state index in [1.807, 2.05) is 11.8 Å². The van der Waals surface area contributed by atoms with Crippen LogP contribution in [0.4, 0.5) is 11.4 Å². The van der Waals surface area contributed by atoms with E-state index in [1.165, 1.54) is 27.6 Å². The fourth-order valence-electron chi connectivity index (χ4n) is 4.53. The van der Waals surface area contributed by atoms with E-state index in [0.29, 0.717) is 5.92 Å².